The Hall–Kier alpha value is -3.09. The zero-order chi connectivity index (χ0) is 19.8. The van der Waals surface area contributed by atoms with Crippen molar-refractivity contribution in [1.82, 2.24) is 20.0 Å². The molecule has 4 rings (SSSR count). The van der Waals surface area contributed by atoms with Crippen molar-refractivity contribution in [2.24, 2.45) is 0 Å². The standard InChI is InChI=1S/C21H25N5O2/c1-13-18(14(2)28-24-13)21(27)23-17-6-5-11-26-12-22-19(20(17)26)15-7-9-16(10-8-15)25(3)4/h7-10,12,17H,5-6,11H2,1-4H3,(H,23,27)/t17-/m1/s1. The molecule has 1 N–H and O–H groups in total. The zero-order valence-electron chi connectivity index (χ0n) is 16.7. The van der Waals surface area contributed by atoms with E-state index >= 15 is 0 Å². The number of carbonyl (C=O) groups excluding carboxylic acids is 1. The van der Waals surface area contributed by atoms with Crippen molar-refractivity contribution in [1.29, 1.82) is 0 Å². The van der Waals surface area contributed by atoms with Crippen molar-refractivity contribution in [2.75, 3.05) is 19.0 Å². The van der Waals surface area contributed by atoms with Gasteiger partial charge in [-0.15, -0.1) is 0 Å². The highest BCUT2D eigenvalue weighted by molar-refractivity contribution is 5.96. The molecule has 0 unspecified atom stereocenters. The number of amides is 1. The molecule has 7 heteroatoms. The lowest BCUT2D eigenvalue weighted by Crippen LogP contribution is -2.33. The zero-order valence-corrected chi connectivity index (χ0v) is 16.7. The molecule has 146 valence electrons. The summed E-state index contributed by atoms with van der Waals surface area (Å²) in [5.41, 5.74) is 5.31. The van der Waals surface area contributed by atoms with Gasteiger partial charge in [0.1, 0.15) is 11.3 Å². The fraction of sp³-hybridized carbons (Fsp3) is 0.381. The van der Waals surface area contributed by atoms with Gasteiger partial charge in [0.15, 0.2) is 0 Å². The molecular weight excluding hydrogens is 354 g/mol. The van der Waals surface area contributed by atoms with Gasteiger partial charge in [-0.3, -0.25) is 4.79 Å². The lowest BCUT2D eigenvalue weighted by atomic mass is 9.98. The van der Waals surface area contributed by atoms with E-state index in [1.807, 2.05) is 20.4 Å². The van der Waals surface area contributed by atoms with Crippen LogP contribution in [0.15, 0.2) is 35.1 Å². The van der Waals surface area contributed by atoms with E-state index in [1.54, 1.807) is 13.8 Å². The van der Waals surface area contributed by atoms with E-state index in [-0.39, 0.29) is 11.9 Å². The van der Waals surface area contributed by atoms with Gasteiger partial charge in [-0.05, 0) is 38.8 Å². The van der Waals surface area contributed by atoms with Crippen LogP contribution in [-0.4, -0.2) is 34.7 Å². The lowest BCUT2D eigenvalue weighted by molar-refractivity contribution is 0.0927. The third-order valence-corrected chi connectivity index (χ3v) is 5.32. The van der Waals surface area contributed by atoms with E-state index in [0.717, 1.165) is 42.0 Å². The van der Waals surface area contributed by atoms with E-state index in [9.17, 15) is 4.79 Å². The number of carbonyl (C=O) groups is 1. The predicted octanol–water partition coefficient (Wildman–Crippen LogP) is 3.49. The summed E-state index contributed by atoms with van der Waals surface area (Å²) < 4.78 is 7.30. The van der Waals surface area contributed by atoms with Crippen molar-refractivity contribution in [2.45, 2.75) is 39.3 Å². The van der Waals surface area contributed by atoms with Crippen LogP contribution in [-0.2, 0) is 6.54 Å². The molecule has 1 aliphatic rings. The van der Waals surface area contributed by atoms with Gasteiger partial charge in [-0.1, -0.05) is 17.3 Å². The average Bonchev–Trinajstić information content (AvgIpc) is 3.25. The van der Waals surface area contributed by atoms with Crippen LogP contribution in [0, 0.1) is 13.8 Å². The van der Waals surface area contributed by atoms with Crippen LogP contribution >= 0.6 is 0 Å². The van der Waals surface area contributed by atoms with E-state index in [4.69, 9.17) is 4.52 Å². The quantitative estimate of drug-likeness (QED) is 0.751. The molecule has 0 bridgehead atoms. The molecule has 0 radical (unpaired) electrons. The summed E-state index contributed by atoms with van der Waals surface area (Å²) in [5.74, 6) is 0.392. The van der Waals surface area contributed by atoms with Gasteiger partial charge in [-0.25, -0.2) is 4.98 Å². The van der Waals surface area contributed by atoms with Crippen molar-refractivity contribution in [3.8, 4) is 11.3 Å². The topological polar surface area (TPSA) is 76.2 Å². The molecule has 0 saturated heterocycles. The van der Waals surface area contributed by atoms with Crippen molar-refractivity contribution in [3.63, 3.8) is 0 Å². The molecule has 3 heterocycles. The minimum Gasteiger partial charge on any atom is -0.378 e. The molecule has 0 spiro atoms. The molecule has 7 nitrogen and oxygen atoms in total. The SMILES string of the molecule is Cc1noc(C)c1C(=O)N[C@@H]1CCCn2cnc(-c3ccc(N(C)C)cc3)c21. The maximum absolute atomic E-state index is 12.9. The number of hydrogen-bond donors (Lipinski definition) is 1. The first kappa shape index (κ1) is 18.3. The summed E-state index contributed by atoms with van der Waals surface area (Å²) in [4.78, 5) is 19.6. The monoisotopic (exact) mass is 379 g/mol. The lowest BCUT2D eigenvalue weighted by Gasteiger charge is -2.26. The predicted molar refractivity (Wildman–Crippen MR) is 107 cm³/mol. The number of nitrogens with zero attached hydrogens (tertiary/aromatic N) is 4. The number of nitrogens with one attached hydrogen (secondary N) is 1. The smallest absolute Gasteiger partial charge is 0.257 e. The van der Waals surface area contributed by atoms with E-state index in [1.165, 1.54) is 0 Å². The van der Waals surface area contributed by atoms with Crippen molar-refractivity contribution >= 4 is 11.6 Å². The van der Waals surface area contributed by atoms with E-state index < -0.39 is 0 Å². The maximum Gasteiger partial charge on any atom is 0.257 e. The van der Waals surface area contributed by atoms with Gasteiger partial charge >= 0.3 is 0 Å². The van der Waals surface area contributed by atoms with Gasteiger partial charge in [0.2, 0.25) is 0 Å². The number of hydrogen-bond acceptors (Lipinski definition) is 5. The van der Waals surface area contributed by atoms with Crippen molar-refractivity contribution < 1.29 is 9.32 Å². The normalized spacial score (nSPS) is 15.9. The van der Waals surface area contributed by atoms with Crippen molar-refractivity contribution in [3.05, 3.63) is 53.3 Å². The largest absolute Gasteiger partial charge is 0.378 e. The molecule has 1 amide bonds. The maximum atomic E-state index is 12.9. The minimum atomic E-state index is -0.148. The van der Waals surface area contributed by atoms with Gasteiger partial charge in [0, 0.05) is 31.9 Å². The first-order valence-corrected chi connectivity index (χ1v) is 9.52. The summed E-state index contributed by atoms with van der Waals surface area (Å²) in [6.45, 7) is 4.46. The molecule has 1 atom stereocenters. The first-order chi connectivity index (χ1) is 13.5. The Balaban J connectivity index is 1.66. The highest BCUT2D eigenvalue weighted by Crippen LogP contribution is 2.34. The van der Waals surface area contributed by atoms with E-state index in [0.29, 0.717) is 17.0 Å². The Morgan fingerprint density at radius 2 is 2.00 bits per heavy atom. The second-order valence-corrected chi connectivity index (χ2v) is 7.48. The third kappa shape index (κ3) is 3.17. The van der Waals surface area contributed by atoms with Crippen LogP contribution in [0.3, 0.4) is 0 Å². The summed E-state index contributed by atoms with van der Waals surface area (Å²) >= 11 is 0. The summed E-state index contributed by atoms with van der Waals surface area (Å²) in [7, 11) is 4.04. The van der Waals surface area contributed by atoms with Crippen LogP contribution in [0.25, 0.3) is 11.3 Å². The molecule has 2 aromatic heterocycles. The number of benzene rings is 1. The van der Waals surface area contributed by atoms with Crippen LogP contribution in [0.2, 0.25) is 0 Å². The number of aryl methyl sites for hydroxylation is 3. The van der Waals surface area contributed by atoms with Crippen LogP contribution < -0.4 is 10.2 Å². The molecule has 0 saturated carbocycles. The summed E-state index contributed by atoms with van der Waals surface area (Å²) in [5, 5.41) is 7.07. The number of anilines is 1. The third-order valence-electron chi connectivity index (χ3n) is 5.32. The molecule has 0 aliphatic carbocycles. The number of rotatable bonds is 4. The molecule has 0 fully saturated rings. The van der Waals surface area contributed by atoms with Crippen LogP contribution in [0.5, 0.6) is 0 Å². The number of imidazole rings is 1. The second-order valence-electron chi connectivity index (χ2n) is 7.48. The second kappa shape index (κ2) is 7.14. The minimum absolute atomic E-state index is 0.0963. The highest BCUT2D eigenvalue weighted by Gasteiger charge is 2.29. The number of fused-ring (bicyclic) bond motifs is 1. The van der Waals surface area contributed by atoms with Gasteiger partial charge in [0.05, 0.1) is 29.5 Å². The fourth-order valence-corrected chi connectivity index (χ4v) is 3.86. The summed E-state index contributed by atoms with van der Waals surface area (Å²) in [6, 6.07) is 8.24. The molecular formula is C21H25N5O2. The Morgan fingerprint density at radius 1 is 1.25 bits per heavy atom. The number of aromatic nitrogens is 3. The van der Waals surface area contributed by atoms with Gasteiger partial charge in [0.25, 0.3) is 5.91 Å². The molecule has 1 aromatic carbocycles. The molecule has 28 heavy (non-hydrogen) atoms. The fourth-order valence-electron chi connectivity index (χ4n) is 3.86. The first-order valence-electron chi connectivity index (χ1n) is 9.52. The van der Waals surface area contributed by atoms with E-state index in [2.05, 4.69) is 49.2 Å². The van der Waals surface area contributed by atoms with Crippen LogP contribution in [0.1, 0.15) is 46.4 Å². The Morgan fingerprint density at radius 3 is 2.64 bits per heavy atom. The molecule has 3 aromatic rings. The average molecular weight is 379 g/mol. The van der Waals surface area contributed by atoms with Gasteiger partial charge in [-0.2, -0.15) is 0 Å². The Kier molecular flexibility index (Phi) is 4.66. The highest BCUT2D eigenvalue weighted by atomic mass is 16.5. The summed E-state index contributed by atoms with van der Waals surface area (Å²) in [6.07, 6.45) is 3.75. The van der Waals surface area contributed by atoms with Gasteiger partial charge < -0.3 is 19.3 Å². The Labute approximate surface area is 164 Å². The molecule has 1 aliphatic heterocycles. The Bertz CT molecular complexity index is 981. The van der Waals surface area contributed by atoms with Crippen LogP contribution in [0.4, 0.5) is 5.69 Å².